The van der Waals surface area contributed by atoms with Crippen LogP contribution in [0.3, 0.4) is 0 Å². The fourth-order valence-corrected chi connectivity index (χ4v) is 3.90. The zero-order valence-electron chi connectivity index (χ0n) is 19.7. The zero-order valence-corrected chi connectivity index (χ0v) is 19.7. The molecule has 0 saturated carbocycles. The number of hydrogen-bond acceptors (Lipinski definition) is 16. The fourth-order valence-electron chi connectivity index (χ4n) is 3.90. The van der Waals surface area contributed by atoms with Gasteiger partial charge in [0.25, 0.3) is 0 Å². The highest BCUT2D eigenvalue weighted by atomic mass is 16.7. The summed E-state index contributed by atoms with van der Waals surface area (Å²) in [6, 6.07) is -1.33. The molecule has 0 aromatic rings. The summed E-state index contributed by atoms with van der Waals surface area (Å²) in [4.78, 5) is 22.4. The summed E-state index contributed by atoms with van der Waals surface area (Å²) >= 11 is 0. The van der Waals surface area contributed by atoms with Gasteiger partial charge >= 0.3 is 0 Å². The molecule has 2 saturated heterocycles. The van der Waals surface area contributed by atoms with E-state index < -0.39 is 111 Å². The summed E-state index contributed by atoms with van der Waals surface area (Å²) in [5, 5.41) is 102. The molecule has 0 spiro atoms. The lowest BCUT2D eigenvalue weighted by Gasteiger charge is -2.44. The molecule has 2 fully saturated rings. The van der Waals surface area contributed by atoms with E-state index in [0.29, 0.717) is 0 Å². The van der Waals surface area contributed by atoms with Crippen LogP contribution in [-0.4, -0.2) is 169 Å². The Kier molecular flexibility index (Phi) is 12.1. The van der Waals surface area contributed by atoms with Gasteiger partial charge < -0.3 is 80.1 Å². The standard InChI is InChI=1S/C20H35NO16/c1-6(25)21-11-15(31)13(29)9(4-24)35-19(11)34-5-10-14(30)16(32)17(33)20(36-10)37-18(8(27)3-23)12(28)7(26)2-22/h2,7-20,23-24,26-33H,3-5H2,1H3,(H,21,25)/t7-,8+,9+,10+,11+,12+,13+,14-,15+,16-,17+,18+,19+,20-/m0/s1. The van der Waals surface area contributed by atoms with Crippen molar-refractivity contribution in [2.45, 2.75) is 92.7 Å². The molecule has 0 radical (unpaired) electrons. The molecule has 2 aliphatic rings. The molecule has 0 aromatic heterocycles. The van der Waals surface area contributed by atoms with Crippen LogP contribution in [0.15, 0.2) is 0 Å². The molecule has 2 rings (SSSR count). The van der Waals surface area contributed by atoms with E-state index in [2.05, 4.69) is 5.32 Å². The van der Waals surface area contributed by atoms with Gasteiger partial charge in [0.15, 0.2) is 18.9 Å². The third-order valence-electron chi connectivity index (χ3n) is 6.03. The van der Waals surface area contributed by atoms with Crippen LogP contribution in [-0.2, 0) is 28.5 Å². The topological polar surface area (TPSA) is 285 Å². The highest BCUT2D eigenvalue weighted by Gasteiger charge is 2.49. The second-order valence-electron chi connectivity index (χ2n) is 8.75. The Bertz CT molecular complexity index is 730. The predicted octanol–water partition coefficient (Wildman–Crippen LogP) is -7.59. The molecule has 0 bridgehead atoms. The molecular weight excluding hydrogens is 510 g/mol. The Hall–Kier alpha value is -1.42. The van der Waals surface area contributed by atoms with Crippen LogP contribution < -0.4 is 5.32 Å². The molecule has 1 amide bonds. The Morgan fingerprint density at radius 2 is 1.51 bits per heavy atom. The lowest BCUT2D eigenvalue weighted by molar-refractivity contribution is -0.337. The van der Waals surface area contributed by atoms with E-state index in [-0.39, 0.29) is 6.29 Å². The minimum absolute atomic E-state index is 0.0702. The largest absolute Gasteiger partial charge is 0.394 e. The number of ether oxygens (including phenoxy) is 4. The summed E-state index contributed by atoms with van der Waals surface area (Å²) in [6.07, 6.45) is -23.2. The third kappa shape index (κ3) is 7.58. The molecular formula is C20H35NO16. The minimum Gasteiger partial charge on any atom is -0.394 e. The van der Waals surface area contributed by atoms with E-state index in [1.165, 1.54) is 0 Å². The number of nitrogens with one attached hydrogen (secondary N) is 1. The molecule has 216 valence electrons. The normalized spacial score (nSPS) is 39.9. The SMILES string of the molecule is CC(=O)N[C@H]1[C@H](OC[C@H]2O[C@@H](O[C@@H]([C@H](O)[C@@H](O)C=O)[C@H](O)CO)[C@H](O)[C@@H](O)[C@H]2O)O[C@H](CO)[C@@H](O)[C@@H]1O. The summed E-state index contributed by atoms with van der Waals surface area (Å²) in [7, 11) is 0. The molecule has 0 unspecified atom stereocenters. The first-order chi connectivity index (χ1) is 17.4. The number of rotatable bonds is 12. The van der Waals surface area contributed by atoms with Crippen molar-refractivity contribution < 1.29 is 79.6 Å². The Morgan fingerprint density at radius 1 is 0.919 bits per heavy atom. The zero-order chi connectivity index (χ0) is 28.0. The first-order valence-corrected chi connectivity index (χ1v) is 11.3. The average Bonchev–Trinajstić information content (AvgIpc) is 2.88. The van der Waals surface area contributed by atoms with E-state index >= 15 is 0 Å². The van der Waals surface area contributed by atoms with E-state index in [1.807, 2.05) is 0 Å². The van der Waals surface area contributed by atoms with Gasteiger partial charge in [0, 0.05) is 6.92 Å². The van der Waals surface area contributed by atoms with E-state index in [4.69, 9.17) is 18.9 Å². The quantitative estimate of drug-likeness (QED) is 0.102. The number of hydrogen-bond donors (Lipinski definition) is 11. The molecule has 17 nitrogen and oxygen atoms in total. The van der Waals surface area contributed by atoms with Crippen LogP contribution in [0.25, 0.3) is 0 Å². The van der Waals surface area contributed by atoms with Gasteiger partial charge in [0.1, 0.15) is 73.2 Å². The summed E-state index contributed by atoms with van der Waals surface area (Å²) in [5.74, 6) is -0.624. The van der Waals surface area contributed by atoms with Crippen LogP contribution in [0.5, 0.6) is 0 Å². The minimum atomic E-state index is -2.09. The van der Waals surface area contributed by atoms with Crippen molar-refractivity contribution in [2.24, 2.45) is 0 Å². The van der Waals surface area contributed by atoms with Gasteiger partial charge in [-0.05, 0) is 0 Å². The number of aliphatic hydroxyl groups excluding tert-OH is 10. The third-order valence-corrected chi connectivity index (χ3v) is 6.03. The van der Waals surface area contributed by atoms with Gasteiger partial charge in [-0.3, -0.25) is 4.79 Å². The van der Waals surface area contributed by atoms with Crippen LogP contribution >= 0.6 is 0 Å². The van der Waals surface area contributed by atoms with Gasteiger partial charge in [0.2, 0.25) is 5.91 Å². The Balaban J connectivity index is 2.18. The van der Waals surface area contributed by atoms with Gasteiger partial charge in [-0.15, -0.1) is 0 Å². The van der Waals surface area contributed by atoms with Crippen molar-refractivity contribution in [1.29, 1.82) is 0 Å². The monoisotopic (exact) mass is 545 g/mol. The second-order valence-corrected chi connectivity index (χ2v) is 8.75. The molecule has 11 N–H and O–H groups in total. The van der Waals surface area contributed by atoms with E-state index in [0.717, 1.165) is 6.92 Å². The van der Waals surface area contributed by atoms with E-state index in [9.17, 15) is 60.7 Å². The number of aliphatic hydroxyl groups is 10. The number of aldehydes is 1. The van der Waals surface area contributed by atoms with Crippen LogP contribution in [0.4, 0.5) is 0 Å². The first-order valence-electron chi connectivity index (χ1n) is 11.3. The highest BCUT2D eigenvalue weighted by Crippen LogP contribution is 2.27. The van der Waals surface area contributed by atoms with Crippen molar-refractivity contribution in [3.63, 3.8) is 0 Å². The lowest BCUT2D eigenvalue weighted by Crippen LogP contribution is -2.65. The van der Waals surface area contributed by atoms with Crippen molar-refractivity contribution in [2.75, 3.05) is 19.8 Å². The summed E-state index contributed by atoms with van der Waals surface area (Å²) < 4.78 is 21.5. The van der Waals surface area contributed by atoms with Gasteiger partial charge in [-0.25, -0.2) is 0 Å². The molecule has 14 atom stereocenters. The van der Waals surface area contributed by atoms with Crippen molar-refractivity contribution in [3.05, 3.63) is 0 Å². The molecule has 17 heteroatoms. The number of carbonyl (C=O) groups is 2. The second kappa shape index (κ2) is 14.1. The van der Waals surface area contributed by atoms with Crippen LogP contribution in [0.1, 0.15) is 6.92 Å². The van der Waals surface area contributed by atoms with Gasteiger partial charge in [-0.2, -0.15) is 0 Å². The molecule has 0 aromatic carbocycles. The smallest absolute Gasteiger partial charge is 0.217 e. The maximum absolute atomic E-state index is 11.5. The Labute approximate surface area is 210 Å². The average molecular weight is 545 g/mol. The van der Waals surface area contributed by atoms with Gasteiger partial charge in [0.05, 0.1) is 19.8 Å². The summed E-state index contributed by atoms with van der Waals surface area (Å²) in [6.45, 7) is -1.26. The van der Waals surface area contributed by atoms with E-state index in [1.54, 1.807) is 0 Å². The van der Waals surface area contributed by atoms with Crippen LogP contribution in [0, 0.1) is 0 Å². The van der Waals surface area contributed by atoms with Crippen LogP contribution in [0.2, 0.25) is 0 Å². The predicted molar refractivity (Wildman–Crippen MR) is 114 cm³/mol. The maximum atomic E-state index is 11.5. The first kappa shape index (κ1) is 31.8. The Morgan fingerprint density at radius 3 is 2.05 bits per heavy atom. The maximum Gasteiger partial charge on any atom is 0.217 e. The van der Waals surface area contributed by atoms with Crippen molar-refractivity contribution in [1.82, 2.24) is 5.32 Å². The molecule has 2 heterocycles. The molecule has 2 aliphatic heterocycles. The van der Waals surface area contributed by atoms with Gasteiger partial charge in [-0.1, -0.05) is 0 Å². The summed E-state index contributed by atoms with van der Waals surface area (Å²) in [5.41, 5.74) is 0. The number of amides is 1. The van der Waals surface area contributed by atoms with Crippen molar-refractivity contribution in [3.8, 4) is 0 Å². The number of carbonyl (C=O) groups excluding carboxylic acids is 2. The lowest BCUT2D eigenvalue weighted by atomic mass is 9.96. The highest BCUT2D eigenvalue weighted by molar-refractivity contribution is 5.73. The molecule has 37 heavy (non-hydrogen) atoms. The fraction of sp³-hybridized carbons (Fsp3) is 0.900. The van der Waals surface area contributed by atoms with Crippen molar-refractivity contribution >= 4 is 12.2 Å². The molecule has 0 aliphatic carbocycles.